The molecule has 1 aromatic heterocycles. The first-order valence-electron chi connectivity index (χ1n) is 8.21. The summed E-state index contributed by atoms with van der Waals surface area (Å²) in [5, 5.41) is -0.153. The number of aromatic nitrogens is 2. The van der Waals surface area contributed by atoms with Crippen LogP contribution in [-0.4, -0.2) is 37.4 Å². The van der Waals surface area contributed by atoms with Gasteiger partial charge in [-0.1, -0.05) is 17.7 Å². The lowest BCUT2D eigenvalue weighted by atomic mass is 9.71. The highest BCUT2D eigenvalue weighted by molar-refractivity contribution is 7.90. The van der Waals surface area contributed by atoms with E-state index in [1.54, 1.807) is 6.92 Å². The Kier molecular flexibility index (Phi) is 5.56. The summed E-state index contributed by atoms with van der Waals surface area (Å²) in [4.78, 5) is 7.20. The fraction of sp³-hybridized carbons (Fsp3) is 0.471. The molecule has 0 aliphatic heterocycles. The van der Waals surface area contributed by atoms with E-state index in [9.17, 15) is 21.6 Å². The predicted octanol–water partition coefficient (Wildman–Crippen LogP) is 4.06. The quantitative estimate of drug-likeness (QED) is 0.761. The molecule has 0 saturated heterocycles. The lowest BCUT2D eigenvalue weighted by Crippen LogP contribution is -2.37. The molecule has 1 aromatic carbocycles. The van der Waals surface area contributed by atoms with Crippen molar-refractivity contribution in [1.82, 2.24) is 9.97 Å². The molecule has 5 nitrogen and oxygen atoms in total. The zero-order valence-corrected chi connectivity index (χ0v) is 16.1. The van der Waals surface area contributed by atoms with Gasteiger partial charge in [0.05, 0.1) is 16.8 Å². The van der Waals surface area contributed by atoms with Gasteiger partial charge in [-0.15, -0.1) is 0 Å². The molecule has 27 heavy (non-hydrogen) atoms. The molecule has 1 saturated carbocycles. The number of benzene rings is 1. The maximum atomic E-state index is 13.6. The Balaban J connectivity index is 1.97. The summed E-state index contributed by atoms with van der Waals surface area (Å²) in [7, 11) is -3.54. The Bertz CT molecular complexity index is 943. The molecule has 0 bridgehead atoms. The third-order valence-corrected chi connectivity index (χ3v) is 6.09. The van der Waals surface area contributed by atoms with Crippen molar-refractivity contribution in [3.05, 3.63) is 46.1 Å². The highest BCUT2D eigenvalue weighted by atomic mass is 35.5. The Hall–Kier alpha value is -1.58. The van der Waals surface area contributed by atoms with E-state index in [0.717, 1.165) is 6.26 Å². The average Bonchev–Trinajstić information content (AvgIpc) is 2.90. The molecule has 3 rings (SSSR count). The van der Waals surface area contributed by atoms with Gasteiger partial charge >= 0.3 is 6.61 Å². The number of nitrogens with zero attached hydrogens (tertiary/aromatic N) is 1. The van der Waals surface area contributed by atoms with Crippen molar-refractivity contribution in [3.63, 3.8) is 0 Å². The van der Waals surface area contributed by atoms with Crippen molar-refractivity contribution in [2.24, 2.45) is 5.92 Å². The van der Waals surface area contributed by atoms with Gasteiger partial charge in [0.15, 0.2) is 14.9 Å². The fourth-order valence-electron chi connectivity index (χ4n) is 3.47. The third-order valence-electron chi connectivity index (χ3n) is 4.70. The molecule has 1 heterocycles. The predicted molar refractivity (Wildman–Crippen MR) is 93.3 cm³/mol. The molecule has 0 amide bonds. The first-order chi connectivity index (χ1) is 12.6. The first-order valence-corrected chi connectivity index (χ1v) is 10.5. The Morgan fingerprint density at radius 3 is 2.52 bits per heavy atom. The Morgan fingerprint density at radius 1 is 1.33 bits per heavy atom. The number of nitrogens with one attached hydrogen (secondary N) is 1. The topological polar surface area (TPSA) is 72.0 Å². The number of hydrogen-bond donors (Lipinski definition) is 1. The highest BCUT2D eigenvalue weighted by Crippen LogP contribution is 2.45. The van der Waals surface area contributed by atoms with E-state index in [0.29, 0.717) is 29.9 Å². The minimum atomic E-state index is -3.54. The summed E-state index contributed by atoms with van der Waals surface area (Å²) in [5.74, 6) is -0.793. The third kappa shape index (κ3) is 4.30. The second-order valence-electron chi connectivity index (χ2n) is 6.73. The number of aromatic amines is 1. The number of halogens is 4. The molecule has 0 radical (unpaired) electrons. The zero-order valence-electron chi connectivity index (χ0n) is 14.5. The van der Waals surface area contributed by atoms with Gasteiger partial charge < -0.3 is 9.72 Å². The number of sulfone groups is 1. The molecule has 10 heteroatoms. The van der Waals surface area contributed by atoms with Crippen LogP contribution in [0.3, 0.4) is 0 Å². The minimum Gasteiger partial charge on any atom is -0.344 e. The smallest absolute Gasteiger partial charge is 0.344 e. The summed E-state index contributed by atoms with van der Waals surface area (Å²) < 4.78 is 66.7. The van der Waals surface area contributed by atoms with E-state index < -0.39 is 34.3 Å². The van der Waals surface area contributed by atoms with Crippen molar-refractivity contribution in [1.29, 1.82) is 0 Å². The maximum Gasteiger partial charge on any atom is 0.345 e. The van der Waals surface area contributed by atoms with Crippen molar-refractivity contribution >= 4 is 21.4 Å². The van der Waals surface area contributed by atoms with Gasteiger partial charge in [0.2, 0.25) is 0 Å². The monoisotopic (exact) mass is 422 g/mol. The normalized spacial score (nSPS) is 21.3. The molecular weight excluding hydrogens is 405 g/mol. The van der Waals surface area contributed by atoms with Gasteiger partial charge in [0, 0.05) is 12.2 Å². The summed E-state index contributed by atoms with van der Waals surface area (Å²) >= 11 is 5.89. The van der Waals surface area contributed by atoms with E-state index in [1.807, 2.05) is 0 Å². The number of rotatable bonds is 6. The molecular formula is C17H18ClF3N2O3S. The Morgan fingerprint density at radius 2 is 2.00 bits per heavy atom. The van der Waals surface area contributed by atoms with Crippen LogP contribution in [0.4, 0.5) is 13.2 Å². The molecule has 0 spiro atoms. The molecule has 2 aromatic rings. The van der Waals surface area contributed by atoms with Gasteiger partial charge in [-0.25, -0.2) is 17.8 Å². The van der Waals surface area contributed by atoms with Crippen LogP contribution in [0, 0.1) is 18.7 Å². The second kappa shape index (κ2) is 7.44. The van der Waals surface area contributed by atoms with Crippen LogP contribution in [-0.2, 0) is 14.6 Å². The van der Waals surface area contributed by atoms with Crippen molar-refractivity contribution in [2.75, 3.05) is 6.26 Å². The van der Waals surface area contributed by atoms with E-state index in [4.69, 9.17) is 11.6 Å². The summed E-state index contributed by atoms with van der Waals surface area (Å²) in [5.41, 5.74) is 1.00. The number of aryl methyl sites for hydroxylation is 1. The lowest BCUT2D eigenvalue weighted by Gasteiger charge is -2.39. The number of imidazole rings is 1. The number of alkyl halides is 2. The van der Waals surface area contributed by atoms with Crippen molar-refractivity contribution < 1.29 is 26.3 Å². The molecule has 148 valence electrons. The van der Waals surface area contributed by atoms with Crippen LogP contribution in [0.15, 0.2) is 23.2 Å². The maximum absolute atomic E-state index is 13.6. The van der Waals surface area contributed by atoms with Crippen molar-refractivity contribution in [3.8, 4) is 0 Å². The first kappa shape index (κ1) is 20.2. The van der Waals surface area contributed by atoms with Crippen molar-refractivity contribution in [2.45, 2.75) is 43.4 Å². The van der Waals surface area contributed by atoms with E-state index in [1.165, 1.54) is 18.2 Å². The van der Waals surface area contributed by atoms with Gasteiger partial charge in [-0.3, -0.25) is 0 Å². The van der Waals surface area contributed by atoms with Crippen LogP contribution < -0.4 is 0 Å². The number of ether oxygens (including phenoxy) is 1. The Labute approximate surface area is 159 Å². The summed E-state index contributed by atoms with van der Waals surface area (Å²) in [6.45, 7) is -1.26. The zero-order chi connectivity index (χ0) is 19.9. The second-order valence-corrected chi connectivity index (χ2v) is 9.06. The SMILES string of the molecule is Cc1[nH]c(C(c2ccc(F)c(Cl)c2)C2CC(OC(F)F)C2)nc1S(C)(=O)=O. The fourth-order valence-corrected chi connectivity index (χ4v) is 4.53. The van der Waals surface area contributed by atoms with Crippen LogP contribution in [0.2, 0.25) is 5.02 Å². The van der Waals surface area contributed by atoms with Gasteiger partial charge in [0.25, 0.3) is 0 Å². The number of hydrogen-bond acceptors (Lipinski definition) is 4. The molecule has 1 N–H and O–H groups in total. The average molecular weight is 423 g/mol. The van der Waals surface area contributed by atoms with Gasteiger partial charge in [-0.05, 0) is 43.4 Å². The van der Waals surface area contributed by atoms with Gasteiger partial charge in [-0.2, -0.15) is 8.78 Å². The molecule has 1 aliphatic carbocycles. The van der Waals surface area contributed by atoms with Crippen LogP contribution in [0.1, 0.15) is 35.8 Å². The molecule has 1 atom stereocenters. The minimum absolute atomic E-state index is 0.0737. The standard InChI is InChI=1S/C17H18ClF3N2O3S/c1-8-16(27(2,24)25)23-15(22-8)14(9-3-4-13(19)12(18)7-9)10-5-11(6-10)26-17(20)21/h3-4,7,10-11,14,17H,5-6H2,1-2H3,(H,22,23). The van der Waals surface area contributed by atoms with Crippen LogP contribution in [0.25, 0.3) is 0 Å². The van der Waals surface area contributed by atoms with Crippen LogP contribution >= 0.6 is 11.6 Å². The highest BCUT2D eigenvalue weighted by Gasteiger charge is 2.40. The summed E-state index contributed by atoms with van der Waals surface area (Å²) in [6, 6.07) is 4.19. The molecule has 1 unspecified atom stereocenters. The molecule has 1 aliphatic rings. The largest absolute Gasteiger partial charge is 0.345 e. The van der Waals surface area contributed by atoms with Crippen LogP contribution in [0.5, 0.6) is 0 Å². The lowest BCUT2D eigenvalue weighted by molar-refractivity contribution is -0.192. The number of H-pyrrole nitrogens is 1. The molecule has 1 fully saturated rings. The summed E-state index contributed by atoms with van der Waals surface area (Å²) in [6.07, 6.45) is 1.16. The van der Waals surface area contributed by atoms with E-state index in [-0.39, 0.29) is 16.0 Å². The van der Waals surface area contributed by atoms with E-state index >= 15 is 0 Å². The van der Waals surface area contributed by atoms with E-state index in [2.05, 4.69) is 14.7 Å². The van der Waals surface area contributed by atoms with Gasteiger partial charge in [0.1, 0.15) is 11.6 Å².